The zero-order valence-corrected chi connectivity index (χ0v) is 17.8. The Bertz CT molecular complexity index is 1410. The lowest BCUT2D eigenvalue weighted by molar-refractivity contribution is 0.0989. The van der Waals surface area contributed by atoms with E-state index >= 15 is 0 Å². The van der Waals surface area contributed by atoms with Crippen LogP contribution in [0.3, 0.4) is 0 Å². The summed E-state index contributed by atoms with van der Waals surface area (Å²) in [4.78, 5) is 26.7. The maximum atomic E-state index is 14.8. The van der Waals surface area contributed by atoms with Crippen molar-refractivity contribution < 1.29 is 27.8 Å². The van der Waals surface area contributed by atoms with Crippen molar-refractivity contribution in [1.29, 1.82) is 0 Å². The number of carbonyl (C=O) groups is 1. The van der Waals surface area contributed by atoms with Gasteiger partial charge in [0.1, 0.15) is 5.82 Å². The van der Waals surface area contributed by atoms with Crippen molar-refractivity contribution in [1.82, 2.24) is 20.1 Å². The monoisotopic (exact) mass is 460 g/mol. The standard InChI is InChI=1S/C19H18FN6O5P/c1-3-15(27)11-4-10(13(20)5-14(11)21)17-16-18(30-25-19(16)22)12(7-23-17)9-6-24-26(8-9)31-32(2,28)29/h4-8H,3,21H2,1-2H3,(H2,22,25)(H,28,29). The Morgan fingerprint density at radius 3 is 2.75 bits per heavy atom. The molecule has 3 heterocycles. The quantitative estimate of drug-likeness (QED) is 0.221. The number of nitrogens with two attached hydrogens (primary N) is 2. The van der Waals surface area contributed by atoms with Gasteiger partial charge in [-0.2, -0.15) is 0 Å². The van der Waals surface area contributed by atoms with Crippen molar-refractivity contribution in [3.8, 4) is 22.4 Å². The van der Waals surface area contributed by atoms with Crippen LogP contribution in [-0.2, 0) is 4.57 Å². The summed E-state index contributed by atoms with van der Waals surface area (Å²) in [5.74, 6) is -0.986. The van der Waals surface area contributed by atoms with E-state index in [2.05, 4.69) is 15.2 Å². The number of nitrogens with zero attached hydrogens (tertiary/aromatic N) is 4. The molecule has 1 unspecified atom stereocenters. The van der Waals surface area contributed by atoms with Crippen LogP contribution in [0.25, 0.3) is 33.4 Å². The molecule has 4 aromatic rings. The third-order valence-corrected chi connectivity index (χ3v) is 5.12. The molecule has 0 spiro atoms. The van der Waals surface area contributed by atoms with E-state index in [4.69, 9.17) is 20.6 Å². The van der Waals surface area contributed by atoms with Gasteiger partial charge in [-0.05, 0) is 12.1 Å². The van der Waals surface area contributed by atoms with Crippen LogP contribution in [0.4, 0.5) is 15.9 Å². The Morgan fingerprint density at radius 2 is 2.06 bits per heavy atom. The summed E-state index contributed by atoms with van der Waals surface area (Å²) >= 11 is 0. The number of anilines is 2. The second-order valence-corrected chi connectivity index (χ2v) is 8.77. The Hall–Kier alpha value is -3.76. The summed E-state index contributed by atoms with van der Waals surface area (Å²) in [6.45, 7) is 2.69. The largest absolute Gasteiger partial charge is 0.398 e. The summed E-state index contributed by atoms with van der Waals surface area (Å²) in [5.41, 5.74) is 13.1. The lowest BCUT2D eigenvalue weighted by Crippen LogP contribution is -2.07. The number of fused-ring (bicyclic) bond motifs is 1. The fourth-order valence-corrected chi connectivity index (χ4v) is 3.62. The molecule has 4 rings (SSSR count). The van der Waals surface area contributed by atoms with Crippen molar-refractivity contribution in [3.63, 3.8) is 0 Å². The minimum absolute atomic E-state index is 0.00804. The van der Waals surface area contributed by atoms with Crippen LogP contribution in [0.1, 0.15) is 23.7 Å². The van der Waals surface area contributed by atoms with Crippen LogP contribution >= 0.6 is 7.60 Å². The molecule has 0 amide bonds. The van der Waals surface area contributed by atoms with E-state index < -0.39 is 13.4 Å². The highest BCUT2D eigenvalue weighted by Gasteiger charge is 2.23. The fourth-order valence-electron chi connectivity index (χ4n) is 3.22. The van der Waals surface area contributed by atoms with E-state index in [0.717, 1.165) is 17.6 Å². The third-order valence-electron chi connectivity index (χ3n) is 4.64. The second-order valence-electron chi connectivity index (χ2n) is 7.00. The van der Waals surface area contributed by atoms with E-state index in [9.17, 15) is 18.6 Å². The first-order chi connectivity index (χ1) is 15.1. The molecule has 0 radical (unpaired) electrons. The second kappa shape index (κ2) is 7.74. The maximum absolute atomic E-state index is 14.8. The van der Waals surface area contributed by atoms with Gasteiger partial charge in [0, 0.05) is 40.6 Å². The number of benzene rings is 1. The number of hydrogen-bond donors (Lipinski definition) is 3. The van der Waals surface area contributed by atoms with Gasteiger partial charge in [-0.1, -0.05) is 16.9 Å². The molecular formula is C19H18FN6O5P. The number of ketones is 1. The highest BCUT2D eigenvalue weighted by molar-refractivity contribution is 7.52. The third kappa shape index (κ3) is 3.81. The molecule has 0 saturated carbocycles. The van der Waals surface area contributed by atoms with Crippen LogP contribution in [-0.4, -0.2) is 37.4 Å². The molecule has 3 aromatic heterocycles. The molecule has 32 heavy (non-hydrogen) atoms. The number of hydrogen-bond acceptors (Lipinski definition) is 9. The predicted octanol–water partition coefficient (Wildman–Crippen LogP) is 2.89. The number of carbonyl (C=O) groups excluding carboxylic acids is 1. The van der Waals surface area contributed by atoms with Gasteiger partial charge in [-0.3, -0.25) is 9.78 Å². The minimum atomic E-state index is -3.83. The summed E-state index contributed by atoms with van der Waals surface area (Å²) in [6, 6.07) is 2.39. The zero-order chi connectivity index (χ0) is 23.2. The maximum Gasteiger partial charge on any atom is 0.394 e. The van der Waals surface area contributed by atoms with Gasteiger partial charge < -0.3 is 25.5 Å². The first kappa shape index (κ1) is 21.5. The molecular weight excluding hydrogens is 442 g/mol. The van der Waals surface area contributed by atoms with E-state index in [-0.39, 0.29) is 51.5 Å². The van der Waals surface area contributed by atoms with Crippen LogP contribution < -0.4 is 16.1 Å². The highest BCUT2D eigenvalue weighted by atomic mass is 31.2. The van der Waals surface area contributed by atoms with Gasteiger partial charge in [0.05, 0.1) is 30.1 Å². The molecule has 11 nitrogen and oxygen atoms in total. The molecule has 166 valence electrons. The van der Waals surface area contributed by atoms with Crippen LogP contribution in [0.15, 0.2) is 35.2 Å². The van der Waals surface area contributed by atoms with Crippen molar-refractivity contribution in [2.75, 3.05) is 18.1 Å². The molecule has 0 aliphatic carbocycles. The van der Waals surface area contributed by atoms with E-state index in [1.54, 1.807) is 6.92 Å². The summed E-state index contributed by atoms with van der Waals surface area (Å²) < 4.78 is 36.5. The number of pyridine rings is 1. The van der Waals surface area contributed by atoms with Gasteiger partial charge in [0.25, 0.3) is 0 Å². The number of nitrogen functional groups attached to an aromatic ring is 2. The zero-order valence-electron chi connectivity index (χ0n) is 16.9. The Morgan fingerprint density at radius 1 is 1.31 bits per heavy atom. The number of Topliss-reactive ketones (excluding diaryl/α,β-unsaturated/α-hetero) is 1. The average Bonchev–Trinajstić information content (AvgIpc) is 3.33. The molecule has 1 aromatic carbocycles. The molecule has 0 fully saturated rings. The Labute approximate surface area is 180 Å². The lowest BCUT2D eigenvalue weighted by Gasteiger charge is -2.10. The average molecular weight is 460 g/mol. The molecule has 0 aliphatic heterocycles. The molecule has 13 heteroatoms. The van der Waals surface area contributed by atoms with Crippen molar-refractivity contribution >= 4 is 35.9 Å². The SMILES string of the molecule is CCC(=O)c1cc(-c2ncc(-c3cnn(OP(C)(=O)O)c3)c3onc(N)c23)c(F)cc1N. The van der Waals surface area contributed by atoms with Crippen LogP contribution in [0.2, 0.25) is 0 Å². The fraction of sp³-hybridized carbons (Fsp3) is 0.158. The van der Waals surface area contributed by atoms with Gasteiger partial charge >= 0.3 is 7.60 Å². The first-order valence-electron chi connectivity index (χ1n) is 9.31. The molecule has 5 N–H and O–H groups in total. The first-order valence-corrected chi connectivity index (χ1v) is 11.3. The van der Waals surface area contributed by atoms with Gasteiger partial charge in [0.2, 0.25) is 0 Å². The molecule has 0 bridgehead atoms. The summed E-state index contributed by atoms with van der Waals surface area (Å²) in [5, 5.41) is 7.85. The van der Waals surface area contributed by atoms with E-state index in [1.165, 1.54) is 24.7 Å². The Balaban J connectivity index is 1.88. The van der Waals surface area contributed by atoms with Gasteiger partial charge in [-0.25, -0.2) is 8.96 Å². The highest BCUT2D eigenvalue weighted by Crippen LogP contribution is 2.39. The number of halogens is 1. The lowest BCUT2D eigenvalue weighted by atomic mass is 9.98. The summed E-state index contributed by atoms with van der Waals surface area (Å²) in [6.07, 6.45) is 4.26. The van der Waals surface area contributed by atoms with Crippen molar-refractivity contribution in [2.24, 2.45) is 0 Å². The molecule has 1 atom stereocenters. The minimum Gasteiger partial charge on any atom is -0.398 e. The van der Waals surface area contributed by atoms with Gasteiger partial charge in [-0.15, -0.1) is 5.10 Å². The smallest absolute Gasteiger partial charge is 0.394 e. The topological polar surface area (TPSA) is 172 Å². The van der Waals surface area contributed by atoms with Gasteiger partial charge in [0.15, 0.2) is 17.2 Å². The predicted molar refractivity (Wildman–Crippen MR) is 114 cm³/mol. The number of rotatable bonds is 6. The normalized spacial score (nSPS) is 13.2. The molecule has 0 saturated heterocycles. The van der Waals surface area contributed by atoms with E-state index in [1.807, 2.05) is 0 Å². The Kier molecular flexibility index (Phi) is 5.19. The van der Waals surface area contributed by atoms with Crippen molar-refractivity contribution in [2.45, 2.75) is 13.3 Å². The summed E-state index contributed by atoms with van der Waals surface area (Å²) in [7, 11) is -3.83. The number of aromatic nitrogens is 4. The molecule has 0 aliphatic rings. The van der Waals surface area contributed by atoms with Crippen LogP contribution in [0.5, 0.6) is 0 Å². The van der Waals surface area contributed by atoms with Crippen molar-refractivity contribution in [3.05, 3.63) is 42.1 Å². The van der Waals surface area contributed by atoms with E-state index in [0.29, 0.717) is 11.1 Å². The van der Waals surface area contributed by atoms with Crippen LogP contribution in [0, 0.1) is 5.82 Å².